The van der Waals surface area contributed by atoms with Crippen molar-refractivity contribution < 1.29 is 13.5 Å². The molecule has 1 aromatic carbocycles. The number of hydrogen-bond donors (Lipinski definition) is 2. The lowest BCUT2D eigenvalue weighted by atomic mass is 9.79. The van der Waals surface area contributed by atoms with Gasteiger partial charge in [-0.1, -0.05) is 0 Å². The fraction of sp³-hybridized carbons (Fsp3) is 0.700. The summed E-state index contributed by atoms with van der Waals surface area (Å²) in [6.45, 7) is 7.20. The van der Waals surface area contributed by atoms with E-state index in [-0.39, 0.29) is 17.3 Å². The second kappa shape index (κ2) is 8.09. The van der Waals surface area contributed by atoms with E-state index in [9.17, 15) is 8.78 Å². The molecule has 1 saturated heterocycles. The fourth-order valence-corrected chi connectivity index (χ4v) is 4.42. The molecule has 0 unspecified atom stereocenters. The van der Waals surface area contributed by atoms with Crippen LogP contribution in [0.15, 0.2) is 12.1 Å². The van der Waals surface area contributed by atoms with Crippen molar-refractivity contribution in [2.75, 3.05) is 30.7 Å². The van der Waals surface area contributed by atoms with Gasteiger partial charge in [0.15, 0.2) is 5.82 Å². The maximum Gasteiger partial charge on any atom is 0.151 e. The number of nitrogens with two attached hydrogens (primary N) is 1. The van der Waals surface area contributed by atoms with Crippen molar-refractivity contribution in [2.24, 2.45) is 0 Å². The molecule has 146 valence electrons. The maximum absolute atomic E-state index is 13.6. The van der Waals surface area contributed by atoms with Gasteiger partial charge >= 0.3 is 0 Å². The van der Waals surface area contributed by atoms with Crippen molar-refractivity contribution in [3.8, 4) is 0 Å². The van der Waals surface area contributed by atoms with Crippen molar-refractivity contribution >= 4 is 11.4 Å². The third-order valence-corrected chi connectivity index (χ3v) is 6.12. The lowest BCUT2D eigenvalue weighted by Gasteiger charge is -2.48. The van der Waals surface area contributed by atoms with Crippen LogP contribution in [0.1, 0.15) is 52.4 Å². The molecule has 0 spiro atoms. The van der Waals surface area contributed by atoms with E-state index in [1.54, 1.807) is 0 Å². The zero-order valence-electron chi connectivity index (χ0n) is 15.9. The van der Waals surface area contributed by atoms with Crippen LogP contribution in [0.2, 0.25) is 0 Å². The number of hydrogen-bond acceptors (Lipinski definition) is 4. The Bertz CT molecular complexity index is 609. The molecule has 4 nitrogen and oxygen atoms in total. The summed E-state index contributed by atoms with van der Waals surface area (Å²) < 4.78 is 32.8. The summed E-state index contributed by atoms with van der Waals surface area (Å²) in [6.07, 6.45) is 6.89. The van der Waals surface area contributed by atoms with Gasteiger partial charge in [-0.2, -0.15) is 0 Å². The van der Waals surface area contributed by atoms with Gasteiger partial charge in [0.05, 0.1) is 17.5 Å². The van der Waals surface area contributed by atoms with Crippen LogP contribution in [-0.4, -0.2) is 42.3 Å². The molecule has 1 heterocycles. The number of benzene rings is 1. The van der Waals surface area contributed by atoms with Gasteiger partial charge in [0.25, 0.3) is 0 Å². The predicted octanol–water partition coefficient (Wildman–Crippen LogP) is 4.16. The Labute approximate surface area is 155 Å². The fourth-order valence-electron chi connectivity index (χ4n) is 4.42. The van der Waals surface area contributed by atoms with Crippen LogP contribution in [0.5, 0.6) is 0 Å². The molecule has 0 amide bonds. The number of piperidine rings is 1. The van der Waals surface area contributed by atoms with Crippen LogP contribution in [0.3, 0.4) is 0 Å². The molecule has 3 rings (SSSR count). The zero-order valence-corrected chi connectivity index (χ0v) is 15.9. The van der Waals surface area contributed by atoms with E-state index in [1.165, 1.54) is 6.07 Å². The minimum absolute atomic E-state index is 0.00459. The number of ether oxygens (including phenoxy) is 1. The van der Waals surface area contributed by atoms with Crippen molar-refractivity contribution in [1.82, 2.24) is 4.90 Å². The molecule has 2 aliphatic rings. The molecule has 3 N–H and O–H groups in total. The van der Waals surface area contributed by atoms with Crippen LogP contribution in [0, 0.1) is 11.6 Å². The lowest BCUT2D eigenvalue weighted by molar-refractivity contribution is -0.0242. The molecule has 0 bridgehead atoms. The smallest absolute Gasteiger partial charge is 0.151 e. The average Bonchev–Trinajstić information content (AvgIpc) is 2.62. The topological polar surface area (TPSA) is 50.5 Å². The highest BCUT2D eigenvalue weighted by Crippen LogP contribution is 2.36. The summed E-state index contributed by atoms with van der Waals surface area (Å²) in [5.41, 5.74) is 6.34. The average molecular weight is 367 g/mol. The third kappa shape index (κ3) is 4.29. The minimum atomic E-state index is -0.705. The first-order valence-electron chi connectivity index (χ1n) is 9.79. The summed E-state index contributed by atoms with van der Waals surface area (Å²) in [4.78, 5) is 2.59. The van der Waals surface area contributed by atoms with Crippen LogP contribution in [0.25, 0.3) is 0 Å². The van der Waals surface area contributed by atoms with Gasteiger partial charge in [-0.15, -0.1) is 0 Å². The normalized spacial score (nSPS) is 28.2. The first kappa shape index (κ1) is 19.4. The Morgan fingerprint density at radius 3 is 2.46 bits per heavy atom. The predicted molar refractivity (Wildman–Crippen MR) is 101 cm³/mol. The molecule has 6 heteroatoms. The molecule has 0 aromatic heterocycles. The van der Waals surface area contributed by atoms with Gasteiger partial charge in [0.1, 0.15) is 5.82 Å². The number of nitrogen functional groups attached to an aromatic ring is 1. The summed E-state index contributed by atoms with van der Waals surface area (Å²) in [7, 11) is 0. The monoisotopic (exact) mass is 367 g/mol. The Morgan fingerprint density at radius 2 is 1.85 bits per heavy atom. The summed E-state index contributed by atoms with van der Waals surface area (Å²) in [5, 5.41) is 3.24. The minimum Gasteiger partial charge on any atom is -0.395 e. The molecular formula is C20H31F2N3O. The molecule has 0 radical (unpaired) electrons. The number of halogens is 2. The van der Waals surface area contributed by atoms with Crippen molar-refractivity contribution in [1.29, 1.82) is 0 Å². The Morgan fingerprint density at radius 1 is 1.19 bits per heavy atom. The standard InChI is InChI=1S/C20H31F2N3O/c1-3-26-16-4-8-20(2,9-5-16)25-10-6-15(7-11-25)24-18-13-14(21)12-17(22)19(18)23/h12-13,15-16,24H,3-11,23H2,1-2H3. The second-order valence-electron chi connectivity index (χ2n) is 7.91. The molecule has 1 aliphatic heterocycles. The van der Waals surface area contributed by atoms with E-state index in [0.717, 1.165) is 64.3 Å². The zero-order chi connectivity index (χ0) is 18.7. The lowest BCUT2D eigenvalue weighted by Crippen LogP contribution is -2.53. The quantitative estimate of drug-likeness (QED) is 0.767. The van der Waals surface area contributed by atoms with Crippen LogP contribution >= 0.6 is 0 Å². The van der Waals surface area contributed by atoms with E-state index in [0.29, 0.717) is 11.8 Å². The highest BCUT2D eigenvalue weighted by molar-refractivity contribution is 5.67. The Hall–Kier alpha value is -1.40. The van der Waals surface area contributed by atoms with Gasteiger partial charge in [-0.3, -0.25) is 4.90 Å². The number of nitrogens with zero attached hydrogens (tertiary/aromatic N) is 1. The molecule has 26 heavy (non-hydrogen) atoms. The Balaban J connectivity index is 1.53. The largest absolute Gasteiger partial charge is 0.395 e. The van der Waals surface area contributed by atoms with Crippen LogP contribution in [-0.2, 0) is 4.74 Å². The second-order valence-corrected chi connectivity index (χ2v) is 7.91. The Kier molecular flexibility index (Phi) is 6.03. The summed E-state index contributed by atoms with van der Waals surface area (Å²) >= 11 is 0. The number of rotatable bonds is 5. The molecule has 1 aliphatic carbocycles. The molecule has 1 saturated carbocycles. The number of nitrogens with one attached hydrogen (secondary N) is 1. The summed E-state index contributed by atoms with van der Waals surface area (Å²) in [6, 6.07) is 2.29. The van der Waals surface area contributed by atoms with E-state index in [2.05, 4.69) is 24.1 Å². The van der Waals surface area contributed by atoms with Crippen LogP contribution in [0.4, 0.5) is 20.2 Å². The number of anilines is 2. The first-order valence-corrected chi connectivity index (χ1v) is 9.79. The van der Waals surface area contributed by atoms with E-state index >= 15 is 0 Å². The van der Waals surface area contributed by atoms with Gasteiger partial charge in [-0.05, 0) is 58.4 Å². The van der Waals surface area contributed by atoms with Gasteiger partial charge < -0.3 is 15.8 Å². The molecule has 1 aromatic rings. The highest BCUT2D eigenvalue weighted by atomic mass is 19.1. The van der Waals surface area contributed by atoms with E-state index in [1.807, 2.05) is 0 Å². The van der Waals surface area contributed by atoms with Gasteiger partial charge in [0.2, 0.25) is 0 Å². The SMILES string of the molecule is CCOC1CCC(C)(N2CCC(Nc3cc(F)cc(F)c3N)CC2)CC1. The van der Waals surface area contributed by atoms with Crippen LogP contribution < -0.4 is 11.1 Å². The van der Waals surface area contributed by atoms with E-state index < -0.39 is 11.6 Å². The van der Waals surface area contributed by atoms with Gasteiger partial charge in [-0.25, -0.2) is 8.78 Å². The highest BCUT2D eigenvalue weighted by Gasteiger charge is 2.38. The van der Waals surface area contributed by atoms with Crippen molar-refractivity contribution in [2.45, 2.75) is 70.1 Å². The first-order chi connectivity index (χ1) is 12.4. The van der Waals surface area contributed by atoms with E-state index in [4.69, 9.17) is 10.5 Å². The number of likely N-dealkylation sites (tertiary alicyclic amines) is 1. The maximum atomic E-state index is 13.6. The molecule has 2 fully saturated rings. The van der Waals surface area contributed by atoms with Gasteiger partial charge in [0, 0.05) is 37.3 Å². The third-order valence-electron chi connectivity index (χ3n) is 6.12. The molecular weight excluding hydrogens is 336 g/mol. The molecule has 0 atom stereocenters. The van der Waals surface area contributed by atoms with Crippen molar-refractivity contribution in [3.05, 3.63) is 23.8 Å². The van der Waals surface area contributed by atoms with Crippen molar-refractivity contribution in [3.63, 3.8) is 0 Å². The summed E-state index contributed by atoms with van der Waals surface area (Å²) in [5.74, 6) is -1.31.